The van der Waals surface area contributed by atoms with E-state index in [9.17, 15) is 63.2 Å². The van der Waals surface area contributed by atoms with Crippen molar-refractivity contribution in [3.05, 3.63) is 85.2 Å². The number of amides is 4. The highest BCUT2D eigenvalue weighted by molar-refractivity contribution is 7.92. The van der Waals surface area contributed by atoms with E-state index in [1.54, 1.807) is 26.2 Å². The number of halogens is 4. The molecule has 12 rings (SSSR count). The number of rotatable bonds is 24. The molecule has 4 aromatic rings. The number of pyridine rings is 2. The third-order valence-electron chi connectivity index (χ3n) is 25.4. The minimum Gasteiger partial charge on any atom is -0.492 e. The summed E-state index contributed by atoms with van der Waals surface area (Å²) >= 11 is 0. The summed E-state index contributed by atoms with van der Waals surface area (Å²) in [5.74, 6) is -6.94. The number of benzene rings is 2. The molecule has 4 saturated carbocycles. The number of esters is 2. The summed E-state index contributed by atoms with van der Waals surface area (Å²) in [7, 11) is -8.01. The summed E-state index contributed by atoms with van der Waals surface area (Å²) in [5, 5.41) is 2.84. The van der Waals surface area contributed by atoms with Crippen LogP contribution in [0.3, 0.4) is 0 Å². The lowest BCUT2D eigenvalue weighted by atomic mass is 9.79. The van der Waals surface area contributed by atoms with Crippen molar-refractivity contribution in [2.45, 2.75) is 269 Å². The summed E-state index contributed by atoms with van der Waals surface area (Å²) in [6, 6.07) is 12.6. The second-order valence-electron chi connectivity index (χ2n) is 35.2. The Labute approximate surface area is 677 Å². The molecule has 30 heteroatoms. The van der Waals surface area contributed by atoms with Crippen LogP contribution in [0.2, 0.25) is 0 Å². The van der Waals surface area contributed by atoms with Gasteiger partial charge in [-0.15, -0.1) is 0 Å². The van der Waals surface area contributed by atoms with Crippen molar-refractivity contribution in [3.63, 3.8) is 0 Å². The maximum Gasteiger partial charge on any atom is 0.307 e. The molecule has 0 radical (unpaired) electrons. The summed E-state index contributed by atoms with van der Waals surface area (Å²) in [6.45, 7) is 20.0. The van der Waals surface area contributed by atoms with Crippen LogP contribution in [0, 0.1) is 58.2 Å². The van der Waals surface area contributed by atoms with Crippen molar-refractivity contribution in [1.82, 2.24) is 29.2 Å². The molecule has 4 aliphatic carbocycles. The fourth-order valence-electron chi connectivity index (χ4n) is 17.1. The van der Waals surface area contributed by atoms with Gasteiger partial charge in [0, 0.05) is 47.2 Å². The Morgan fingerprint density at radius 2 is 0.905 bits per heavy atom. The Morgan fingerprint density at radius 3 is 1.23 bits per heavy atom. The SMILES string of the molecule is CCOc1cnc(O[C@@H]2C[C@H]3C(=O)C[C@]4(C(=O)NS(=O)(=O)C5(C)CC5)C[C@H]4/C=C\CC[C@@H](C)C[C@@H](CC)[C@H](CC(=O)OC(C)(C)C(F)F)C(=O)N3C2)c2ccccc12.CCOc1cnc(O[C@@H]2C[C@H]3C(=O)C[C@]4(C(=O)NS(=O)(=O)C5(C)CC5)C[C@H]4/C=C\CC[C@H](C)C[C@@H](CC)[C@H](CC(=O)OC(C)(C)C(F)F)C(=O)N3C2)c2ccccc12. The van der Waals surface area contributed by atoms with Gasteiger partial charge in [0.25, 0.3) is 12.9 Å². The average Bonchev–Trinajstić information content (AvgIpc) is 1.58. The monoisotopic (exact) mass is 1660 g/mol. The number of ketones is 2. The Hall–Kier alpha value is -8.28. The minimum atomic E-state index is -4.00. The predicted molar refractivity (Wildman–Crippen MR) is 425 cm³/mol. The number of sulfonamides is 2. The van der Waals surface area contributed by atoms with Gasteiger partial charge in [-0.3, -0.25) is 47.8 Å². The van der Waals surface area contributed by atoms with Gasteiger partial charge in [0.2, 0.25) is 55.4 Å². The average molecular weight is 1660 g/mol. The molecule has 6 heterocycles. The standard InChI is InChI=1S/2C43H57F2N3O9S/c2*1-7-27-19-26(3)13-9-10-14-28-22-43(28,40(52)47-58(53,54)42(6)17-18-42)23-34(49)33-20-29(56-37-31-16-12-11-15-30(31)35(24-46-37)55-8-2)25-48(33)38(51)32(27)21-36(50)57-41(4,5)39(44)45/h2*10-12,14-16,24,26-29,32-33,39H,7-9,13,17-23,25H2,1-6H3,(H,47,52)/b2*14-10-/t26-,27+,28+,29+,32-,33-,43+;26-,27-,28-,29-,32+,33+,43-/m01/s1. The van der Waals surface area contributed by atoms with E-state index in [0.29, 0.717) is 99.7 Å². The van der Waals surface area contributed by atoms with Crippen LogP contribution in [0.15, 0.2) is 85.2 Å². The van der Waals surface area contributed by atoms with Crippen LogP contribution in [-0.4, -0.2) is 168 Å². The largest absolute Gasteiger partial charge is 0.492 e. The number of ether oxygens (including phenoxy) is 6. The number of allylic oxidation sites excluding steroid dienone is 4. The molecule has 0 unspecified atom stereocenters. The first-order chi connectivity index (χ1) is 54.7. The highest BCUT2D eigenvalue weighted by Crippen LogP contribution is 2.60. The molecular weight excluding hydrogens is 1550 g/mol. The molecule has 14 atom stereocenters. The third-order valence-corrected chi connectivity index (χ3v) is 29.8. The number of carbonyl (C=O) groups excluding carboxylic acids is 8. The number of hydrogen-bond acceptors (Lipinski definition) is 20. The van der Waals surface area contributed by atoms with E-state index >= 15 is 9.59 Å². The Kier molecular flexibility index (Phi) is 27.0. The van der Waals surface area contributed by atoms with Gasteiger partial charge in [0.15, 0.2) is 22.8 Å². The molecule has 2 aromatic heterocycles. The minimum absolute atomic E-state index is 0.0329. The fraction of sp³-hybridized carbons (Fsp3) is 0.651. The molecule has 116 heavy (non-hydrogen) atoms. The first-order valence-corrected chi connectivity index (χ1v) is 44.1. The number of fused-ring (bicyclic) bond motifs is 6. The van der Waals surface area contributed by atoms with Crippen molar-refractivity contribution in [3.8, 4) is 23.3 Å². The highest BCUT2D eigenvalue weighted by atomic mass is 32.2. The van der Waals surface area contributed by atoms with E-state index in [0.717, 1.165) is 51.3 Å². The number of carbonyl (C=O) groups is 8. The van der Waals surface area contributed by atoms with E-state index in [2.05, 4.69) is 19.4 Å². The Morgan fingerprint density at radius 1 is 0.552 bits per heavy atom. The Bertz CT molecular complexity index is 4360. The molecule has 6 fully saturated rings. The van der Waals surface area contributed by atoms with Gasteiger partial charge in [0.05, 0.1) is 95.8 Å². The summed E-state index contributed by atoms with van der Waals surface area (Å²) in [4.78, 5) is 126. The van der Waals surface area contributed by atoms with Gasteiger partial charge in [-0.05, 0) is 180 Å². The molecule has 636 valence electrons. The van der Waals surface area contributed by atoms with Gasteiger partial charge in [-0.1, -0.05) is 101 Å². The number of hydrogen-bond donors (Lipinski definition) is 2. The Balaban J connectivity index is 0.000000228. The van der Waals surface area contributed by atoms with Gasteiger partial charge in [0.1, 0.15) is 23.7 Å². The number of alkyl halides is 4. The number of Topliss-reactive ketones (excluding diaryl/α,β-unsaturated/α-hetero) is 2. The molecule has 8 aliphatic rings. The molecule has 2 aromatic carbocycles. The topological polar surface area (TPSA) is 317 Å². The van der Waals surface area contributed by atoms with E-state index in [4.69, 9.17) is 28.4 Å². The fourth-order valence-corrected chi connectivity index (χ4v) is 19.8. The van der Waals surface area contributed by atoms with E-state index in [1.165, 1.54) is 9.80 Å². The van der Waals surface area contributed by atoms with Crippen LogP contribution < -0.4 is 28.4 Å². The van der Waals surface area contributed by atoms with Crippen LogP contribution in [0.1, 0.15) is 212 Å². The molecule has 4 aliphatic heterocycles. The lowest BCUT2D eigenvalue weighted by Crippen LogP contribution is -2.48. The van der Waals surface area contributed by atoms with E-state index < -0.39 is 161 Å². The van der Waals surface area contributed by atoms with Crippen LogP contribution in [0.5, 0.6) is 23.3 Å². The van der Waals surface area contributed by atoms with Gasteiger partial charge in [-0.25, -0.2) is 44.4 Å². The van der Waals surface area contributed by atoms with Gasteiger partial charge >= 0.3 is 11.9 Å². The second kappa shape index (κ2) is 35.3. The quantitative estimate of drug-likeness (QED) is 0.0374. The highest BCUT2D eigenvalue weighted by Gasteiger charge is 2.65. The van der Waals surface area contributed by atoms with E-state index in [1.807, 2.05) is 114 Å². The molecule has 0 bridgehead atoms. The molecule has 2 N–H and O–H groups in total. The van der Waals surface area contributed by atoms with Crippen LogP contribution in [0.4, 0.5) is 17.6 Å². The molecule has 0 spiro atoms. The van der Waals surface area contributed by atoms with Crippen molar-refractivity contribution in [1.29, 1.82) is 0 Å². The second-order valence-corrected chi connectivity index (χ2v) is 39.6. The zero-order chi connectivity index (χ0) is 84.4. The molecule has 2 saturated heterocycles. The van der Waals surface area contributed by atoms with Crippen molar-refractivity contribution in [2.24, 2.45) is 58.2 Å². The molecular formula is C86H114F4N6O18S2. The third kappa shape index (κ3) is 19.5. The van der Waals surface area contributed by atoms with Gasteiger partial charge in [-0.2, -0.15) is 0 Å². The lowest BCUT2D eigenvalue weighted by Gasteiger charge is -2.34. The summed E-state index contributed by atoms with van der Waals surface area (Å²) in [5.41, 5.74) is -6.84. The maximum absolute atomic E-state index is 15.0. The number of nitrogens with zero attached hydrogens (tertiary/aromatic N) is 4. The lowest BCUT2D eigenvalue weighted by molar-refractivity contribution is -0.175. The first kappa shape index (κ1) is 88.5. The summed E-state index contributed by atoms with van der Waals surface area (Å²) in [6.07, 6.45) is 8.94. The van der Waals surface area contributed by atoms with Crippen LogP contribution in [0.25, 0.3) is 21.5 Å². The normalized spacial score (nSPS) is 29.4. The zero-order valence-corrected chi connectivity index (χ0v) is 70.2. The zero-order valence-electron chi connectivity index (χ0n) is 68.6. The first-order valence-electron chi connectivity index (χ1n) is 41.2. The molecule has 24 nitrogen and oxygen atoms in total. The number of nitrogens with one attached hydrogen (secondary N) is 2. The van der Waals surface area contributed by atoms with Crippen molar-refractivity contribution >= 4 is 88.7 Å². The summed E-state index contributed by atoms with van der Waals surface area (Å²) < 4.78 is 146. The van der Waals surface area contributed by atoms with E-state index in [-0.39, 0.29) is 98.9 Å². The predicted octanol–water partition coefficient (Wildman–Crippen LogP) is 13.9. The van der Waals surface area contributed by atoms with Crippen molar-refractivity contribution < 1.29 is 101 Å². The van der Waals surface area contributed by atoms with Crippen LogP contribution >= 0.6 is 0 Å². The molecule has 4 amide bonds. The van der Waals surface area contributed by atoms with Crippen molar-refractivity contribution in [2.75, 3.05) is 26.3 Å². The smallest absolute Gasteiger partial charge is 0.307 e. The number of aromatic nitrogens is 2. The van der Waals surface area contributed by atoms with Crippen LogP contribution in [-0.2, 0) is 67.9 Å². The van der Waals surface area contributed by atoms with Gasteiger partial charge < -0.3 is 38.2 Å². The maximum atomic E-state index is 15.0.